The topological polar surface area (TPSA) is 79.8 Å². The predicted octanol–water partition coefficient (Wildman–Crippen LogP) is 3.60. The third-order valence-corrected chi connectivity index (χ3v) is 5.63. The summed E-state index contributed by atoms with van der Waals surface area (Å²) in [5.74, 6) is 0.264. The number of halogens is 2. The van der Waals surface area contributed by atoms with Crippen molar-refractivity contribution in [3.8, 4) is 0 Å². The molecule has 1 aliphatic rings. The van der Waals surface area contributed by atoms with Crippen molar-refractivity contribution < 1.29 is 4.79 Å². The van der Waals surface area contributed by atoms with Gasteiger partial charge in [0.15, 0.2) is 0 Å². The first-order valence-electron chi connectivity index (χ1n) is 8.76. The van der Waals surface area contributed by atoms with Crippen LogP contribution in [0.1, 0.15) is 17.4 Å². The van der Waals surface area contributed by atoms with Gasteiger partial charge < -0.3 is 10.3 Å². The fourth-order valence-electron chi connectivity index (χ4n) is 3.81. The fraction of sp³-hybridized carbons (Fsp3) is 0.150. The first-order chi connectivity index (χ1) is 13.5. The van der Waals surface area contributed by atoms with Gasteiger partial charge in [0.1, 0.15) is 11.9 Å². The Kier molecular flexibility index (Phi) is 3.92. The Labute approximate surface area is 169 Å². The van der Waals surface area contributed by atoms with Gasteiger partial charge in [0.2, 0.25) is 5.91 Å². The molecule has 0 radical (unpaired) electrons. The SMILES string of the molecule is O=C1NCc2nc3c(Cl)cc(Cl)cc3c(=O)n2C1Cc1c[nH]c2ccccc12. The highest BCUT2D eigenvalue weighted by molar-refractivity contribution is 6.38. The number of hydrogen-bond acceptors (Lipinski definition) is 3. The van der Waals surface area contributed by atoms with Crippen molar-refractivity contribution in [2.45, 2.75) is 19.0 Å². The molecule has 3 heterocycles. The molecule has 2 N–H and O–H groups in total. The van der Waals surface area contributed by atoms with Gasteiger partial charge in [-0.15, -0.1) is 0 Å². The van der Waals surface area contributed by atoms with E-state index < -0.39 is 6.04 Å². The first kappa shape index (κ1) is 17.3. The number of para-hydroxylation sites is 1. The van der Waals surface area contributed by atoms with E-state index in [9.17, 15) is 9.59 Å². The molecule has 0 fully saturated rings. The minimum Gasteiger partial charge on any atom is -0.361 e. The molecule has 140 valence electrons. The zero-order valence-electron chi connectivity index (χ0n) is 14.5. The Morgan fingerprint density at radius 2 is 1.96 bits per heavy atom. The Morgan fingerprint density at radius 1 is 1.14 bits per heavy atom. The average molecular weight is 413 g/mol. The van der Waals surface area contributed by atoms with E-state index in [-0.39, 0.29) is 18.0 Å². The number of amides is 1. The standard InChI is InChI=1S/C20H14Cl2N4O2/c21-11-6-13-18(14(22)7-11)25-17-9-24-19(27)16(26(17)20(13)28)5-10-8-23-15-4-2-1-3-12(10)15/h1-4,6-8,16,23H,5,9H2,(H,24,27). The number of rotatable bonds is 2. The molecule has 5 rings (SSSR count). The van der Waals surface area contributed by atoms with Gasteiger partial charge in [-0.3, -0.25) is 14.2 Å². The number of benzene rings is 2. The number of hydrogen-bond donors (Lipinski definition) is 2. The van der Waals surface area contributed by atoms with E-state index >= 15 is 0 Å². The second-order valence-corrected chi connectivity index (χ2v) is 7.63. The predicted molar refractivity (Wildman–Crippen MR) is 109 cm³/mol. The summed E-state index contributed by atoms with van der Waals surface area (Å²) >= 11 is 12.3. The molecule has 1 aliphatic heterocycles. The monoisotopic (exact) mass is 412 g/mol. The van der Waals surface area contributed by atoms with Crippen molar-refractivity contribution in [1.29, 1.82) is 0 Å². The fourth-order valence-corrected chi connectivity index (χ4v) is 4.35. The lowest BCUT2D eigenvalue weighted by Crippen LogP contribution is -2.45. The lowest BCUT2D eigenvalue weighted by atomic mass is 10.0. The van der Waals surface area contributed by atoms with Crippen LogP contribution in [0.5, 0.6) is 0 Å². The third kappa shape index (κ3) is 2.60. The number of fused-ring (bicyclic) bond motifs is 3. The number of aromatic amines is 1. The lowest BCUT2D eigenvalue weighted by Gasteiger charge is -2.27. The minimum absolute atomic E-state index is 0.174. The van der Waals surface area contributed by atoms with Gasteiger partial charge in [-0.1, -0.05) is 41.4 Å². The Balaban J connectivity index is 1.70. The molecule has 1 unspecified atom stereocenters. The summed E-state index contributed by atoms with van der Waals surface area (Å²) in [5, 5.41) is 4.83. The number of nitrogens with one attached hydrogen (secondary N) is 2. The van der Waals surface area contributed by atoms with Crippen molar-refractivity contribution in [3.05, 3.63) is 74.4 Å². The van der Waals surface area contributed by atoms with Gasteiger partial charge in [-0.05, 0) is 23.8 Å². The molecule has 6 nitrogen and oxygen atoms in total. The summed E-state index contributed by atoms with van der Waals surface area (Å²) < 4.78 is 1.47. The zero-order valence-corrected chi connectivity index (χ0v) is 16.0. The Bertz CT molecular complexity index is 1330. The van der Waals surface area contributed by atoms with Gasteiger partial charge in [-0.25, -0.2) is 4.98 Å². The summed E-state index contributed by atoms with van der Waals surface area (Å²) in [5.41, 5.74) is 2.02. The van der Waals surface area contributed by atoms with Gasteiger partial charge >= 0.3 is 0 Å². The van der Waals surface area contributed by atoms with Gasteiger partial charge in [0.25, 0.3) is 5.56 Å². The minimum atomic E-state index is -0.704. The van der Waals surface area contributed by atoms with E-state index in [4.69, 9.17) is 23.2 Å². The first-order valence-corrected chi connectivity index (χ1v) is 9.51. The highest BCUT2D eigenvalue weighted by Gasteiger charge is 2.31. The smallest absolute Gasteiger partial charge is 0.262 e. The van der Waals surface area contributed by atoms with E-state index in [1.54, 1.807) is 12.1 Å². The van der Waals surface area contributed by atoms with E-state index in [0.717, 1.165) is 16.5 Å². The van der Waals surface area contributed by atoms with Crippen LogP contribution in [0.25, 0.3) is 21.8 Å². The summed E-state index contributed by atoms with van der Waals surface area (Å²) in [4.78, 5) is 33.7. The maximum Gasteiger partial charge on any atom is 0.262 e. The second kappa shape index (κ2) is 6.36. The molecule has 0 saturated carbocycles. The number of carbonyl (C=O) groups excluding carboxylic acids is 1. The van der Waals surface area contributed by atoms with Crippen LogP contribution in [0.4, 0.5) is 0 Å². The third-order valence-electron chi connectivity index (χ3n) is 5.12. The molecule has 0 bridgehead atoms. The van der Waals surface area contributed by atoms with Crippen LogP contribution in [-0.2, 0) is 17.8 Å². The van der Waals surface area contributed by atoms with Gasteiger partial charge in [0, 0.05) is 28.5 Å². The zero-order chi connectivity index (χ0) is 19.4. The molecule has 28 heavy (non-hydrogen) atoms. The summed E-state index contributed by atoms with van der Waals surface area (Å²) in [6, 6.07) is 10.2. The normalized spacial score (nSPS) is 16.4. The van der Waals surface area contributed by atoms with E-state index in [1.165, 1.54) is 4.57 Å². The largest absolute Gasteiger partial charge is 0.361 e. The maximum atomic E-state index is 13.2. The molecule has 2 aromatic heterocycles. The van der Waals surface area contributed by atoms with Crippen molar-refractivity contribution in [2.75, 3.05) is 0 Å². The molecular weight excluding hydrogens is 399 g/mol. The van der Waals surface area contributed by atoms with Crippen LogP contribution >= 0.6 is 23.2 Å². The summed E-state index contributed by atoms with van der Waals surface area (Å²) in [6.07, 6.45) is 2.24. The molecular formula is C20H14Cl2N4O2. The van der Waals surface area contributed by atoms with E-state index in [0.29, 0.717) is 33.2 Å². The van der Waals surface area contributed by atoms with Crippen LogP contribution in [-0.4, -0.2) is 20.4 Å². The Morgan fingerprint density at radius 3 is 2.82 bits per heavy atom. The van der Waals surface area contributed by atoms with Crippen molar-refractivity contribution in [3.63, 3.8) is 0 Å². The summed E-state index contributed by atoms with van der Waals surface area (Å²) in [7, 11) is 0. The number of aromatic nitrogens is 3. The van der Waals surface area contributed by atoms with Crippen molar-refractivity contribution in [1.82, 2.24) is 19.9 Å². The molecule has 4 aromatic rings. The van der Waals surface area contributed by atoms with Crippen LogP contribution in [0.15, 0.2) is 47.4 Å². The summed E-state index contributed by atoms with van der Waals surface area (Å²) in [6.45, 7) is 0.174. The lowest BCUT2D eigenvalue weighted by molar-refractivity contribution is -0.125. The van der Waals surface area contributed by atoms with Crippen molar-refractivity contribution in [2.24, 2.45) is 0 Å². The average Bonchev–Trinajstić information content (AvgIpc) is 3.08. The van der Waals surface area contributed by atoms with Gasteiger partial charge in [-0.2, -0.15) is 0 Å². The van der Waals surface area contributed by atoms with Crippen LogP contribution in [0, 0.1) is 0 Å². The van der Waals surface area contributed by atoms with Crippen LogP contribution in [0.3, 0.4) is 0 Å². The Hall–Kier alpha value is -2.83. The molecule has 0 spiro atoms. The molecule has 8 heteroatoms. The molecule has 0 aliphatic carbocycles. The maximum absolute atomic E-state index is 13.2. The quantitative estimate of drug-likeness (QED) is 0.527. The highest BCUT2D eigenvalue weighted by Crippen LogP contribution is 2.28. The van der Waals surface area contributed by atoms with E-state index in [2.05, 4.69) is 15.3 Å². The molecule has 1 amide bonds. The van der Waals surface area contributed by atoms with Crippen LogP contribution < -0.4 is 10.9 Å². The number of nitrogens with zero attached hydrogens (tertiary/aromatic N) is 2. The molecule has 1 atom stereocenters. The number of H-pyrrole nitrogens is 1. The van der Waals surface area contributed by atoms with E-state index in [1.807, 2.05) is 30.5 Å². The van der Waals surface area contributed by atoms with Crippen LogP contribution in [0.2, 0.25) is 10.0 Å². The second-order valence-electron chi connectivity index (χ2n) is 6.78. The highest BCUT2D eigenvalue weighted by atomic mass is 35.5. The number of carbonyl (C=O) groups is 1. The molecule has 2 aromatic carbocycles. The van der Waals surface area contributed by atoms with Gasteiger partial charge in [0.05, 0.1) is 22.5 Å². The van der Waals surface area contributed by atoms with Crippen molar-refractivity contribution >= 4 is 50.9 Å². The molecule has 0 saturated heterocycles.